The average molecular weight is 351 g/mol. The van der Waals surface area contributed by atoms with Crippen molar-refractivity contribution in [3.63, 3.8) is 0 Å². The molecule has 0 aliphatic carbocycles. The maximum atomic E-state index is 6.06. The second-order valence-electron chi connectivity index (χ2n) is 5.71. The molecule has 0 unspecified atom stereocenters. The number of imidazole rings is 1. The fourth-order valence-electron chi connectivity index (χ4n) is 2.62. The minimum atomic E-state index is 0.526. The molecule has 0 saturated heterocycles. The topological polar surface area (TPSA) is 70.6 Å². The lowest BCUT2D eigenvalue weighted by atomic mass is 10.2. The van der Waals surface area contributed by atoms with E-state index in [-0.39, 0.29) is 0 Å². The molecule has 0 aliphatic heterocycles. The first-order valence-electron chi connectivity index (χ1n) is 7.79. The highest BCUT2D eigenvalue weighted by molar-refractivity contribution is 6.30. The lowest BCUT2D eigenvalue weighted by Gasteiger charge is -2.15. The van der Waals surface area contributed by atoms with Crippen molar-refractivity contribution < 1.29 is 0 Å². The first-order chi connectivity index (χ1) is 12.2. The monoisotopic (exact) mass is 350 g/mol. The van der Waals surface area contributed by atoms with Gasteiger partial charge in [0.1, 0.15) is 5.82 Å². The second-order valence-corrected chi connectivity index (χ2v) is 6.15. The molecule has 7 heteroatoms. The van der Waals surface area contributed by atoms with Gasteiger partial charge < -0.3 is 9.88 Å². The van der Waals surface area contributed by atoms with Crippen molar-refractivity contribution in [1.29, 1.82) is 0 Å². The van der Waals surface area contributed by atoms with Crippen molar-refractivity contribution in [1.82, 2.24) is 25.1 Å². The van der Waals surface area contributed by atoms with Gasteiger partial charge in [0.05, 0.1) is 29.5 Å². The van der Waals surface area contributed by atoms with Crippen LogP contribution in [-0.4, -0.2) is 32.2 Å². The van der Waals surface area contributed by atoms with E-state index < -0.39 is 0 Å². The molecule has 2 aromatic carbocycles. The van der Waals surface area contributed by atoms with Gasteiger partial charge in [-0.15, -0.1) is 5.10 Å². The molecule has 2 heterocycles. The van der Waals surface area contributed by atoms with Crippen molar-refractivity contribution in [2.45, 2.75) is 6.54 Å². The van der Waals surface area contributed by atoms with E-state index in [1.165, 1.54) is 0 Å². The molecule has 0 spiro atoms. The molecule has 0 radical (unpaired) electrons. The Kier molecular flexibility index (Phi) is 4.03. The molecule has 0 atom stereocenters. The SMILES string of the molecule is CN(Cc1nc2ccccc2[nH]1)c1nncc(-c2cccc(Cl)c2)n1. The number of aromatic nitrogens is 5. The van der Waals surface area contributed by atoms with Crippen molar-refractivity contribution in [3.8, 4) is 11.3 Å². The number of nitrogens with one attached hydrogen (secondary N) is 1. The Morgan fingerprint density at radius 1 is 1.08 bits per heavy atom. The minimum absolute atomic E-state index is 0.526. The van der Waals surface area contributed by atoms with Crippen molar-refractivity contribution in [3.05, 3.63) is 65.6 Å². The van der Waals surface area contributed by atoms with Crippen LogP contribution in [0, 0.1) is 0 Å². The number of benzene rings is 2. The summed E-state index contributed by atoms with van der Waals surface area (Å²) in [5.74, 6) is 1.37. The Morgan fingerprint density at radius 2 is 1.96 bits per heavy atom. The van der Waals surface area contributed by atoms with Gasteiger partial charge in [0.25, 0.3) is 0 Å². The summed E-state index contributed by atoms with van der Waals surface area (Å²) in [6, 6.07) is 15.4. The Morgan fingerprint density at radius 3 is 2.80 bits per heavy atom. The number of hydrogen-bond acceptors (Lipinski definition) is 5. The quantitative estimate of drug-likeness (QED) is 0.607. The number of anilines is 1. The molecule has 4 aromatic rings. The summed E-state index contributed by atoms with van der Waals surface area (Å²) in [5.41, 5.74) is 3.58. The summed E-state index contributed by atoms with van der Waals surface area (Å²) in [6.45, 7) is 0.551. The highest BCUT2D eigenvalue weighted by atomic mass is 35.5. The van der Waals surface area contributed by atoms with E-state index in [2.05, 4.69) is 25.1 Å². The highest BCUT2D eigenvalue weighted by Gasteiger charge is 2.11. The van der Waals surface area contributed by atoms with Crippen molar-refractivity contribution in [2.24, 2.45) is 0 Å². The van der Waals surface area contributed by atoms with Crippen molar-refractivity contribution in [2.75, 3.05) is 11.9 Å². The van der Waals surface area contributed by atoms with E-state index in [1.54, 1.807) is 6.20 Å². The normalized spacial score (nSPS) is 11.0. The van der Waals surface area contributed by atoms with Crippen LogP contribution in [0.15, 0.2) is 54.7 Å². The van der Waals surface area contributed by atoms with Crippen LogP contribution in [0.4, 0.5) is 5.95 Å². The number of para-hydroxylation sites is 2. The summed E-state index contributed by atoms with van der Waals surface area (Å²) >= 11 is 6.06. The molecule has 1 N–H and O–H groups in total. The lowest BCUT2D eigenvalue weighted by molar-refractivity contribution is 0.802. The number of aromatic amines is 1. The van der Waals surface area contributed by atoms with E-state index in [9.17, 15) is 0 Å². The predicted molar refractivity (Wildman–Crippen MR) is 98.5 cm³/mol. The molecule has 0 amide bonds. The molecule has 124 valence electrons. The molecule has 2 aromatic heterocycles. The summed E-state index contributed by atoms with van der Waals surface area (Å²) in [6.07, 6.45) is 1.63. The van der Waals surface area contributed by atoms with Gasteiger partial charge in [-0.05, 0) is 24.3 Å². The largest absolute Gasteiger partial charge is 0.340 e. The van der Waals surface area contributed by atoms with Gasteiger partial charge in [0.15, 0.2) is 0 Å². The lowest BCUT2D eigenvalue weighted by Crippen LogP contribution is -2.20. The van der Waals surface area contributed by atoms with E-state index in [0.29, 0.717) is 17.5 Å². The highest BCUT2D eigenvalue weighted by Crippen LogP contribution is 2.21. The second kappa shape index (κ2) is 6.49. The molecule has 25 heavy (non-hydrogen) atoms. The van der Waals surface area contributed by atoms with Crippen LogP contribution in [0.5, 0.6) is 0 Å². The first kappa shape index (κ1) is 15.5. The van der Waals surface area contributed by atoms with Crippen LogP contribution in [0.2, 0.25) is 5.02 Å². The molecule has 0 fully saturated rings. The zero-order valence-corrected chi connectivity index (χ0v) is 14.3. The molecule has 0 bridgehead atoms. The zero-order valence-electron chi connectivity index (χ0n) is 13.5. The number of halogens is 1. The third-order valence-electron chi connectivity index (χ3n) is 3.83. The van der Waals surface area contributed by atoms with E-state index in [4.69, 9.17) is 11.6 Å². The minimum Gasteiger partial charge on any atom is -0.340 e. The number of H-pyrrole nitrogens is 1. The third kappa shape index (κ3) is 3.29. The molecule has 6 nitrogen and oxygen atoms in total. The molecule has 0 saturated carbocycles. The molecular weight excluding hydrogens is 336 g/mol. The average Bonchev–Trinajstić information content (AvgIpc) is 3.04. The number of hydrogen-bond donors (Lipinski definition) is 1. The number of rotatable bonds is 4. The van der Waals surface area contributed by atoms with Crippen LogP contribution in [0.25, 0.3) is 22.3 Å². The number of fused-ring (bicyclic) bond motifs is 1. The van der Waals surface area contributed by atoms with Gasteiger partial charge in [-0.2, -0.15) is 5.10 Å². The van der Waals surface area contributed by atoms with E-state index in [1.807, 2.05) is 60.5 Å². The summed E-state index contributed by atoms with van der Waals surface area (Å²) in [4.78, 5) is 14.4. The van der Waals surface area contributed by atoms with Gasteiger partial charge in [-0.25, -0.2) is 9.97 Å². The van der Waals surface area contributed by atoms with Crippen molar-refractivity contribution >= 4 is 28.6 Å². The molecule has 4 rings (SSSR count). The van der Waals surface area contributed by atoms with Crippen LogP contribution < -0.4 is 4.90 Å². The Bertz CT molecular complexity index is 996. The maximum Gasteiger partial charge on any atom is 0.246 e. The number of nitrogens with zero attached hydrogens (tertiary/aromatic N) is 5. The standard InChI is InChI=1S/C18H15ClN6/c1-25(11-17-21-14-7-2-3-8-15(14)22-17)18-23-16(10-20-24-18)12-5-4-6-13(19)9-12/h2-10H,11H2,1H3,(H,21,22). The summed E-state index contributed by atoms with van der Waals surface area (Å²) < 4.78 is 0. The predicted octanol–water partition coefficient (Wildman–Crippen LogP) is 3.70. The smallest absolute Gasteiger partial charge is 0.246 e. The maximum absolute atomic E-state index is 6.06. The van der Waals surface area contributed by atoms with E-state index >= 15 is 0 Å². The van der Waals surface area contributed by atoms with Crippen LogP contribution in [-0.2, 0) is 6.54 Å². The Labute approximate surface area is 149 Å². The third-order valence-corrected chi connectivity index (χ3v) is 4.07. The van der Waals surface area contributed by atoms with Gasteiger partial charge in [0, 0.05) is 17.6 Å². The summed E-state index contributed by atoms with van der Waals surface area (Å²) in [5, 5.41) is 8.86. The fourth-order valence-corrected chi connectivity index (χ4v) is 2.81. The van der Waals surface area contributed by atoms with Gasteiger partial charge >= 0.3 is 0 Å². The molecule has 0 aliphatic rings. The first-order valence-corrected chi connectivity index (χ1v) is 8.17. The van der Waals surface area contributed by atoms with E-state index in [0.717, 1.165) is 28.1 Å². The zero-order chi connectivity index (χ0) is 17.2. The summed E-state index contributed by atoms with van der Waals surface area (Å²) in [7, 11) is 1.91. The van der Waals surface area contributed by atoms with Crippen LogP contribution in [0.1, 0.15) is 5.82 Å². The van der Waals surface area contributed by atoms with Gasteiger partial charge in [-0.3, -0.25) is 0 Å². The Balaban J connectivity index is 1.59. The Hall–Kier alpha value is -2.99. The van der Waals surface area contributed by atoms with Gasteiger partial charge in [0.2, 0.25) is 5.95 Å². The van der Waals surface area contributed by atoms with Crippen LogP contribution >= 0.6 is 11.6 Å². The fraction of sp³-hybridized carbons (Fsp3) is 0.111. The van der Waals surface area contributed by atoms with Gasteiger partial charge in [-0.1, -0.05) is 35.9 Å². The van der Waals surface area contributed by atoms with Crippen LogP contribution in [0.3, 0.4) is 0 Å². The molecular formula is C18H15ClN6.